The fourth-order valence-electron chi connectivity index (χ4n) is 2.81. The summed E-state index contributed by atoms with van der Waals surface area (Å²) >= 11 is 0. The minimum atomic E-state index is -0.660. The van der Waals surface area contributed by atoms with Gasteiger partial charge in [0.1, 0.15) is 11.4 Å². The Bertz CT molecular complexity index is 1140. The van der Waals surface area contributed by atoms with E-state index >= 15 is 0 Å². The van der Waals surface area contributed by atoms with Gasteiger partial charge in [0.15, 0.2) is 0 Å². The van der Waals surface area contributed by atoms with Crippen molar-refractivity contribution in [2.24, 2.45) is 0 Å². The van der Waals surface area contributed by atoms with Gasteiger partial charge in [-0.05, 0) is 36.4 Å². The highest BCUT2D eigenvalue weighted by Gasteiger charge is 2.19. The Labute approximate surface area is 178 Å². The Morgan fingerprint density at radius 2 is 1.58 bits per heavy atom. The van der Waals surface area contributed by atoms with Crippen LogP contribution in [0.5, 0.6) is 5.75 Å². The summed E-state index contributed by atoms with van der Waals surface area (Å²) in [5.41, 5.74) is 0.539. The van der Waals surface area contributed by atoms with Gasteiger partial charge >= 0.3 is 0 Å². The number of carbonyl (C=O) groups excluding carboxylic acids is 2. The van der Waals surface area contributed by atoms with Crippen molar-refractivity contribution in [1.82, 2.24) is 5.32 Å². The predicted octanol–water partition coefficient (Wildman–Crippen LogP) is 4.01. The number of methoxy groups -OCH3 is 1. The predicted molar refractivity (Wildman–Crippen MR) is 117 cm³/mol. The second kappa shape index (κ2) is 9.84. The Morgan fingerprint density at radius 1 is 0.935 bits per heavy atom. The molecule has 156 valence electrons. The molecule has 31 heavy (non-hydrogen) atoms. The number of rotatable bonds is 7. The topological polar surface area (TPSA) is 111 Å². The maximum atomic E-state index is 13.0. The van der Waals surface area contributed by atoms with E-state index < -0.39 is 16.7 Å². The lowest BCUT2D eigenvalue weighted by atomic mass is 10.1. The number of carbonyl (C=O) groups is 2. The van der Waals surface area contributed by atoms with E-state index in [1.807, 2.05) is 0 Å². The van der Waals surface area contributed by atoms with Crippen LogP contribution >= 0.6 is 0 Å². The molecule has 2 amide bonds. The number of nitrogens with one attached hydrogen (secondary N) is 2. The third-order valence-corrected chi connectivity index (χ3v) is 4.32. The number of nitro benzene ring substituents is 1. The van der Waals surface area contributed by atoms with Crippen molar-refractivity contribution in [2.75, 3.05) is 12.4 Å². The molecular weight excluding hydrogens is 398 g/mol. The van der Waals surface area contributed by atoms with Gasteiger partial charge in [-0.1, -0.05) is 42.5 Å². The van der Waals surface area contributed by atoms with Crippen molar-refractivity contribution >= 4 is 29.3 Å². The normalized spacial score (nSPS) is 10.8. The smallest absolute Gasteiger partial charge is 0.276 e. The number of benzene rings is 3. The Kier molecular flexibility index (Phi) is 6.74. The van der Waals surface area contributed by atoms with E-state index in [4.69, 9.17) is 4.74 Å². The second-order valence-corrected chi connectivity index (χ2v) is 6.35. The first-order valence-electron chi connectivity index (χ1n) is 9.25. The van der Waals surface area contributed by atoms with Crippen LogP contribution in [-0.2, 0) is 4.79 Å². The summed E-state index contributed by atoms with van der Waals surface area (Å²) in [4.78, 5) is 36.5. The summed E-state index contributed by atoms with van der Waals surface area (Å²) in [5.74, 6) is -0.761. The summed E-state index contributed by atoms with van der Waals surface area (Å²) in [6.45, 7) is 0. The zero-order valence-electron chi connectivity index (χ0n) is 16.6. The van der Waals surface area contributed by atoms with Gasteiger partial charge in [0, 0.05) is 11.6 Å². The lowest BCUT2D eigenvalue weighted by molar-refractivity contribution is -0.385. The molecule has 3 rings (SSSR count). The number of anilines is 1. The van der Waals surface area contributed by atoms with E-state index in [-0.39, 0.29) is 16.9 Å². The number of hydrogen-bond donors (Lipinski definition) is 2. The molecule has 0 aliphatic carbocycles. The highest BCUT2D eigenvalue weighted by molar-refractivity contribution is 6.11. The van der Waals surface area contributed by atoms with E-state index in [0.717, 1.165) is 0 Å². The lowest BCUT2D eigenvalue weighted by Gasteiger charge is -2.13. The lowest BCUT2D eigenvalue weighted by Crippen LogP contribution is -2.30. The number of hydrogen-bond acceptors (Lipinski definition) is 5. The second-order valence-electron chi connectivity index (χ2n) is 6.35. The molecule has 0 saturated heterocycles. The molecule has 3 aromatic rings. The van der Waals surface area contributed by atoms with Gasteiger partial charge in [0.05, 0.1) is 23.3 Å². The zero-order chi connectivity index (χ0) is 22.2. The molecule has 0 aliphatic rings. The quantitative estimate of drug-likeness (QED) is 0.343. The van der Waals surface area contributed by atoms with Crippen LogP contribution in [0.15, 0.2) is 84.6 Å². The average Bonchev–Trinajstić information content (AvgIpc) is 2.79. The molecule has 0 spiro atoms. The van der Waals surface area contributed by atoms with E-state index in [1.54, 1.807) is 60.7 Å². The first-order valence-corrected chi connectivity index (χ1v) is 9.25. The van der Waals surface area contributed by atoms with Gasteiger partial charge in [-0.3, -0.25) is 19.7 Å². The number of amides is 2. The summed E-state index contributed by atoms with van der Waals surface area (Å²) in [6.07, 6.45) is 1.27. The van der Waals surface area contributed by atoms with E-state index in [9.17, 15) is 19.7 Å². The average molecular weight is 417 g/mol. The molecule has 0 radical (unpaired) electrons. The highest BCUT2D eigenvalue weighted by atomic mass is 16.6. The highest BCUT2D eigenvalue weighted by Crippen LogP contribution is 2.25. The van der Waals surface area contributed by atoms with Crippen molar-refractivity contribution in [3.63, 3.8) is 0 Å². The van der Waals surface area contributed by atoms with Gasteiger partial charge in [-0.2, -0.15) is 0 Å². The van der Waals surface area contributed by atoms with E-state index in [0.29, 0.717) is 17.0 Å². The molecule has 2 N–H and O–H groups in total. The summed E-state index contributed by atoms with van der Waals surface area (Å²) in [5, 5.41) is 16.6. The van der Waals surface area contributed by atoms with Crippen molar-refractivity contribution in [3.05, 3.63) is 106 Å². The largest absolute Gasteiger partial charge is 0.495 e. The molecule has 3 aromatic carbocycles. The number of nitrogens with zero attached hydrogens (tertiary/aromatic N) is 1. The van der Waals surface area contributed by atoms with Crippen molar-refractivity contribution < 1.29 is 19.2 Å². The van der Waals surface area contributed by atoms with Crippen LogP contribution in [-0.4, -0.2) is 23.8 Å². The van der Waals surface area contributed by atoms with Crippen molar-refractivity contribution in [2.45, 2.75) is 0 Å². The maximum absolute atomic E-state index is 13.0. The third-order valence-electron chi connectivity index (χ3n) is 4.32. The van der Waals surface area contributed by atoms with Gasteiger partial charge in [0.25, 0.3) is 17.5 Å². The van der Waals surface area contributed by atoms with Crippen LogP contribution in [0.25, 0.3) is 6.08 Å². The molecule has 0 atom stereocenters. The summed E-state index contributed by atoms with van der Waals surface area (Å²) < 4.78 is 5.23. The Balaban J connectivity index is 1.99. The molecule has 0 aliphatic heterocycles. The number of para-hydroxylation sites is 3. The van der Waals surface area contributed by atoms with Crippen molar-refractivity contribution in [1.29, 1.82) is 0 Å². The number of ether oxygens (including phenoxy) is 1. The minimum absolute atomic E-state index is 0.158. The third kappa shape index (κ3) is 5.33. The molecule has 0 unspecified atom stereocenters. The van der Waals surface area contributed by atoms with Crippen LogP contribution < -0.4 is 15.4 Å². The van der Waals surface area contributed by atoms with Crippen LogP contribution in [0.1, 0.15) is 15.9 Å². The SMILES string of the molecule is COc1ccccc1NC(=O)/C(=C\c1ccccc1[N+](=O)[O-])NC(=O)c1ccccc1. The summed E-state index contributed by atoms with van der Waals surface area (Å²) in [7, 11) is 1.46. The van der Waals surface area contributed by atoms with Gasteiger partial charge in [-0.15, -0.1) is 0 Å². The first-order chi connectivity index (χ1) is 15.0. The minimum Gasteiger partial charge on any atom is -0.495 e. The first kappa shape index (κ1) is 21.3. The molecular formula is C23H19N3O5. The molecule has 0 bridgehead atoms. The van der Waals surface area contributed by atoms with E-state index in [1.165, 1.54) is 31.4 Å². The Morgan fingerprint density at radius 3 is 2.29 bits per heavy atom. The zero-order valence-corrected chi connectivity index (χ0v) is 16.6. The molecule has 0 fully saturated rings. The van der Waals surface area contributed by atoms with Gasteiger partial charge in [-0.25, -0.2) is 0 Å². The van der Waals surface area contributed by atoms with Gasteiger partial charge in [0.2, 0.25) is 0 Å². The number of nitro groups is 1. The molecule has 0 heterocycles. The standard InChI is InChI=1S/C23H19N3O5/c1-31-21-14-8-6-12-18(21)24-23(28)19(25-22(27)16-9-3-2-4-10-16)15-17-11-5-7-13-20(17)26(29)30/h2-15H,1H3,(H,24,28)(H,25,27)/b19-15+. The summed E-state index contributed by atoms with van der Waals surface area (Å²) in [6, 6.07) is 21.0. The molecule has 0 saturated carbocycles. The Hall–Kier alpha value is -4.46. The van der Waals surface area contributed by atoms with Gasteiger partial charge < -0.3 is 15.4 Å². The van der Waals surface area contributed by atoms with Crippen LogP contribution in [0, 0.1) is 10.1 Å². The molecule has 0 aromatic heterocycles. The molecule has 8 nitrogen and oxygen atoms in total. The van der Waals surface area contributed by atoms with E-state index in [2.05, 4.69) is 10.6 Å². The fourth-order valence-corrected chi connectivity index (χ4v) is 2.81. The van der Waals surface area contributed by atoms with Crippen LogP contribution in [0.4, 0.5) is 11.4 Å². The monoisotopic (exact) mass is 417 g/mol. The van der Waals surface area contributed by atoms with Crippen molar-refractivity contribution in [3.8, 4) is 5.75 Å². The maximum Gasteiger partial charge on any atom is 0.276 e. The molecule has 8 heteroatoms. The fraction of sp³-hybridized carbons (Fsp3) is 0.0435. The van der Waals surface area contributed by atoms with Crippen LogP contribution in [0.3, 0.4) is 0 Å². The van der Waals surface area contributed by atoms with Crippen LogP contribution in [0.2, 0.25) is 0 Å².